The Labute approximate surface area is 169 Å². The molecule has 7 nitrogen and oxygen atoms in total. The molecule has 1 amide bonds. The van der Waals surface area contributed by atoms with Crippen LogP contribution < -0.4 is 10.0 Å². The van der Waals surface area contributed by atoms with Crippen LogP contribution in [0.3, 0.4) is 0 Å². The first-order valence-corrected chi connectivity index (χ1v) is 10.4. The Hall–Kier alpha value is -2.94. The minimum absolute atomic E-state index is 0.0553. The van der Waals surface area contributed by atoms with Crippen LogP contribution in [0.15, 0.2) is 76.2 Å². The van der Waals surface area contributed by atoms with Crippen molar-refractivity contribution in [2.24, 2.45) is 0 Å². The number of benzene rings is 2. The van der Waals surface area contributed by atoms with Crippen LogP contribution in [-0.4, -0.2) is 21.4 Å². The van der Waals surface area contributed by atoms with E-state index in [0.29, 0.717) is 24.5 Å². The number of nitrogens with one attached hydrogen (secondary N) is 2. The summed E-state index contributed by atoms with van der Waals surface area (Å²) in [5.41, 5.74) is 2.35. The van der Waals surface area contributed by atoms with E-state index in [4.69, 9.17) is 9.15 Å². The second-order valence-electron chi connectivity index (χ2n) is 6.36. The zero-order valence-electron chi connectivity index (χ0n) is 15.9. The molecule has 3 rings (SSSR count). The van der Waals surface area contributed by atoms with Crippen LogP contribution in [0.1, 0.15) is 27.2 Å². The van der Waals surface area contributed by atoms with Gasteiger partial charge in [0.1, 0.15) is 5.76 Å². The molecule has 1 heterocycles. The number of hydrogen-bond donors (Lipinski definition) is 2. The van der Waals surface area contributed by atoms with Gasteiger partial charge in [-0.05, 0) is 47.5 Å². The molecule has 8 heteroatoms. The predicted octanol–water partition coefficient (Wildman–Crippen LogP) is 2.83. The lowest BCUT2D eigenvalue weighted by molar-refractivity contribution is 0.0950. The molecule has 0 radical (unpaired) electrons. The van der Waals surface area contributed by atoms with Gasteiger partial charge in [-0.3, -0.25) is 4.79 Å². The smallest absolute Gasteiger partial charge is 0.251 e. The number of hydrogen-bond acceptors (Lipinski definition) is 5. The first-order valence-electron chi connectivity index (χ1n) is 8.95. The number of methoxy groups -OCH3 is 1. The van der Waals surface area contributed by atoms with E-state index in [2.05, 4.69) is 10.0 Å². The van der Waals surface area contributed by atoms with Crippen LogP contribution in [0.4, 0.5) is 0 Å². The Balaban J connectivity index is 1.59. The molecule has 0 fully saturated rings. The molecule has 0 aliphatic carbocycles. The van der Waals surface area contributed by atoms with E-state index in [0.717, 1.165) is 11.1 Å². The van der Waals surface area contributed by atoms with Crippen LogP contribution in [0.5, 0.6) is 0 Å². The molecule has 0 atom stereocenters. The summed E-state index contributed by atoms with van der Waals surface area (Å²) in [4.78, 5) is 12.4. The minimum atomic E-state index is -3.70. The Morgan fingerprint density at radius 1 is 1.00 bits per heavy atom. The lowest BCUT2D eigenvalue weighted by atomic mass is 10.1. The average Bonchev–Trinajstić information content (AvgIpc) is 3.25. The molecule has 2 N–H and O–H groups in total. The molecule has 0 saturated heterocycles. The Morgan fingerprint density at radius 3 is 2.45 bits per heavy atom. The Kier molecular flexibility index (Phi) is 6.82. The van der Waals surface area contributed by atoms with Crippen molar-refractivity contribution in [1.82, 2.24) is 10.0 Å². The summed E-state index contributed by atoms with van der Waals surface area (Å²) in [6.45, 7) is 0.923. The van der Waals surface area contributed by atoms with Crippen molar-refractivity contribution in [3.05, 3.63) is 89.4 Å². The van der Waals surface area contributed by atoms with E-state index in [9.17, 15) is 13.2 Å². The van der Waals surface area contributed by atoms with Gasteiger partial charge in [-0.15, -0.1) is 0 Å². The highest BCUT2D eigenvalue weighted by Crippen LogP contribution is 2.12. The molecule has 0 bridgehead atoms. The largest absolute Gasteiger partial charge is 0.468 e. The maximum Gasteiger partial charge on any atom is 0.251 e. The van der Waals surface area contributed by atoms with Crippen molar-refractivity contribution < 1.29 is 22.4 Å². The second kappa shape index (κ2) is 9.51. The van der Waals surface area contributed by atoms with Gasteiger partial charge < -0.3 is 14.5 Å². The van der Waals surface area contributed by atoms with E-state index >= 15 is 0 Å². The third-order valence-corrected chi connectivity index (χ3v) is 5.62. The van der Waals surface area contributed by atoms with Gasteiger partial charge in [0.2, 0.25) is 10.0 Å². The van der Waals surface area contributed by atoms with Gasteiger partial charge in [0.25, 0.3) is 5.91 Å². The lowest BCUT2D eigenvalue weighted by Crippen LogP contribution is -2.24. The van der Waals surface area contributed by atoms with Gasteiger partial charge in [-0.1, -0.05) is 24.3 Å². The van der Waals surface area contributed by atoms with E-state index in [1.807, 2.05) is 24.3 Å². The van der Waals surface area contributed by atoms with Gasteiger partial charge in [-0.2, -0.15) is 0 Å². The van der Waals surface area contributed by atoms with Crippen LogP contribution in [0.2, 0.25) is 0 Å². The van der Waals surface area contributed by atoms with Crippen molar-refractivity contribution in [2.75, 3.05) is 7.11 Å². The lowest BCUT2D eigenvalue weighted by Gasteiger charge is -2.09. The normalized spacial score (nSPS) is 11.3. The molecular weight excluding hydrogens is 392 g/mol. The third kappa shape index (κ3) is 5.77. The van der Waals surface area contributed by atoms with E-state index in [-0.39, 0.29) is 17.3 Å². The molecule has 0 saturated carbocycles. The molecule has 0 aliphatic heterocycles. The summed E-state index contributed by atoms with van der Waals surface area (Å²) in [6.07, 6.45) is 1.48. The molecule has 0 spiro atoms. The Bertz CT molecular complexity index is 1040. The zero-order valence-corrected chi connectivity index (χ0v) is 16.7. The molecule has 2 aromatic carbocycles. The van der Waals surface area contributed by atoms with Crippen molar-refractivity contribution in [3.63, 3.8) is 0 Å². The standard InChI is InChI=1S/C21H22N2O5S/c1-27-15-17-5-2-4-16(12-17)13-22-21(24)18-7-9-20(10-8-18)29(25,26)23-14-19-6-3-11-28-19/h2-12,23H,13-15H2,1H3,(H,22,24). The van der Waals surface area contributed by atoms with Gasteiger partial charge in [0.05, 0.1) is 24.3 Å². The van der Waals surface area contributed by atoms with Gasteiger partial charge in [0.15, 0.2) is 0 Å². The molecule has 0 aliphatic rings. The molecule has 152 valence electrons. The summed E-state index contributed by atoms with van der Waals surface area (Å²) >= 11 is 0. The summed E-state index contributed by atoms with van der Waals surface area (Å²) < 4.78 is 37.4. The number of rotatable bonds is 9. The third-order valence-electron chi connectivity index (χ3n) is 4.20. The quantitative estimate of drug-likeness (QED) is 0.561. The van der Waals surface area contributed by atoms with Crippen molar-refractivity contribution in [3.8, 4) is 0 Å². The number of carbonyl (C=O) groups excluding carboxylic acids is 1. The van der Waals surface area contributed by atoms with Gasteiger partial charge >= 0.3 is 0 Å². The first-order chi connectivity index (χ1) is 14.0. The number of ether oxygens (including phenoxy) is 1. The van der Waals surface area contributed by atoms with Gasteiger partial charge in [0, 0.05) is 19.2 Å². The van der Waals surface area contributed by atoms with Crippen molar-refractivity contribution in [2.45, 2.75) is 24.6 Å². The van der Waals surface area contributed by atoms with Crippen LogP contribution >= 0.6 is 0 Å². The summed E-state index contributed by atoms with van der Waals surface area (Å²) in [5, 5.41) is 2.83. The number of amides is 1. The summed E-state index contributed by atoms with van der Waals surface area (Å²) in [6, 6.07) is 16.9. The first kappa shape index (κ1) is 20.8. The van der Waals surface area contributed by atoms with Crippen LogP contribution in [0.25, 0.3) is 0 Å². The zero-order chi connectivity index (χ0) is 20.7. The maximum absolute atomic E-state index is 12.4. The van der Waals surface area contributed by atoms with Gasteiger partial charge in [-0.25, -0.2) is 13.1 Å². The molecule has 1 aromatic heterocycles. The summed E-state index contributed by atoms with van der Waals surface area (Å²) in [7, 11) is -2.07. The fraction of sp³-hybridized carbons (Fsp3) is 0.190. The van der Waals surface area contributed by atoms with E-state index in [1.54, 1.807) is 19.2 Å². The predicted molar refractivity (Wildman–Crippen MR) is 108 cm³/mol. The monoisotopic (exact) mass is 414 g/mol. The summed E-state index contributed by atoms with van der Waals surface area (Å²) in [5.74, 6) is 0.230. The van der Waals surface area contributed by atoms with Crippen LogP contribution in [-0.2, 0) is 34.5 Å². The molecule has 3 aromatic rings. The number of sulfonamides is 1. The average molecular weight is 414 g/mol. The van der Waals surface area contributed by atoms with Crippen molar-refractivity contribution >= 4 is 15.9 Å². The SMILES string of the molecule is COCc1cccc(CNC(=O)c2ccc(S(=O)(=O)NCc3ccco3)cc2)c1. The van der Waals surface area contributed by atoms with E-state index in [1.165, 1.54) is 30.5 Å². The molecular formula is C21H22N2O5S. The Morgan fingerprint density at radius 2 is 1.76 bits per heavy atom. The highest BCUT2D eigenvalue weighted by Gasteiger charge is 2.15. The molecule has 29 heavy (non-hydrogen) atoms. The highest BCUT2D eigenvalue weighted by molar-refractivity contribution is 7.89. The highest BCUT2D eigenvalue weighted by atomic mass is 32.2. The minimum Gasteiger partial charge on any atom is -0.468 e. The maximum atomic E-state index is 12.4. The topological polar surface area (TPSA) is 97.6 Å². The number of carbonyl (C=O) groups is 1. The second-order valence-corrected chi connectivity index (χ2v) is 8.13. The van der Waals surface area contributed by atoms with E-state index < -0.39 is 10.0 Å². The fourth-order valence-electron chi connectivity index (χ4n) is 2.73. The molecule has 0 unspecified atom stereocenters. The number of furan rings is 1. The fourth-order valence-corrected chi connectivity index (χ4v) is 3.72. The van der Waals surface area contributed by atoms with Crippen molar-refractivity contribution in [1.29, 1.82) is 0 Å². The van der Waals surface area contributed by atoms with Crippen LogP contribution in [0, 0.1) is 0 Å².